The van der Waals surface area contributed by atoms with Crippen LogP contribution in [0, 0.1) is 0 Å². The minimum absolute atomic E-state index is 0.383. The average molecular weight is 142 g/mol. The molecule has 0 saturated heterocycles. The summed E-state index contributed by atoms with van der Waals surface area (Å²) in [5, 5.41) is 0. The quantitative estimate of drug-likeness (QED) is 0.251. The monoisotopic (exact) mass is 142 g/mol. The lowest BCUT2D eigenvalue weighted by Crippen LogP contribution is -1.93. The molecule has 0 heterocycles. The minimum atomic E-state index is -0.383. The largest absolute Gasteiger partial charge is 0.466 e. The highest BCUT2D eigenvalue weighted by Crippen LogP contribution is 1.87. The standard InChI is InChI=1S/C7H10O3/c1-10-7(9)5-3-2-4-6-8/h3,5-6H,2,4H2,1H3/b5-3+. The van der Waals surface area contributed by atoms with Crippen molar-refractivity contribution in [2.45, 2.75) is 12.8 Å². The van der Waals surface area contributed by atoms with Crippen molar-refractivity contribution in [1.29, 1.82) is 0 Å². The maximum absolute atomic E-state index is 10.4. The lowest BCUT2D eigenvalue weighted by atomic mass is 10.3. The van der Waals surface area contributed by atoms with E-state index in [1.165, 1.54) is 13.2 Å². The van der Waals surface area contributed by atoms with E-state index in [4.69, 9.17) is 0 Å². The molecule has 0 aromatic carbocycles. The second-order valence-corrected chi connectivity index (χ2v) is 1.67. The van der Waals surface area contributed by atoms with Crippen molar-refractivity contribution in [2.24, 2.45) is 0 Å². The van der Waals surface area contributed by atoms with E-state index in [2.05, 4.69) is 4.74 Å². The van der Waals surface area contributed by atoms with Crippen LogP contribution in [-0.2, 0) is 14.3 Å². The maximum Gasteiger partial charge on any atom is 0.330 e. The maximum atomic E-state index is 10.4. The van der Waals surface area contributed by atoms with Gasteiger partial charge >= 0.3 is 5.97 Å². The number of carbonyl (C=O) groups excluding carboxylic acids is 2. The van der Waals surface area contributed by atoms with Crippen molar-refractivity contribution in [3.8, 4) is 0 Å². The summed E-state index contributed by atoms with van der Waals surface area (Å²) in [6.07, 6.45) is 4.78. The van der Waals surface area contributed by atoms with Gasteiger partial charge in [-0.25, -0.2) is 4.79 Å². The van der Waals surface area contributed by atoms with Crippen LogP contribution < -0.4 is 0 Å². The Morgan fingerprint density at radius 3 is 2.70 bits per heavy atom. The number of esters is 1. The molecule has 0 fully saturated rings. The van der Waals surface area contributed by atoms with Crippen molar-refractivity contribution < 1.29 is 14.3 Å². The Labute approximate surface area is 59.7 Å². The van der Waals surface area contributed by atoms with Crippen LogP contribution in [0.4, 0.5) is 0 Å². The van der Waals surface area contributed by atoms with Gasteiger partial charge in [-0.3, -0.25) is 0 Å². The van der Waals surface area contributed by atoms with Gasteiger partial charge in [0.1, 0.15) is 6.29 Å². The van der Waals surface area contributed by atoms with Crippen molar-refractivity contribution in [1.82, 2.24) is 0 Å². The fourth-order valence-corrected chi connectivity index (χ4v) is 0.412. The van der Waals surface area contributed by atoms with Gasteiger partial charge in [0.15, 0.2) is 0 Å². The molecule has 0 saturated carbocycles. The fourth-order valence-electron chi connectivity index (χ4n) is 0.412. The lowest BCUT2D eigenvalue weighted by molar-refractivity contribution is -0.134. The molecule has 0 N–H and O–H groups in total. The number of hydrogen-bond donors (Lipinski definition) is 0. The first-order valence-electron chi connectivity index (χ1n) is 2.99. The molecular weight excluding hydrogens is 132 g/mol. The summed E-state index contributed by atoms with van der Waals surface area (Å²) >= 11 is 0. The number of carbonyl (C=O) groups is 2. The molecule has 0 aromatic heterocycles. The lowest BCUT2D eigenvalue weighted by Gasteiger charge is -1.87. The number of ether oxygens (including phenoxy) is 1. The summed E-state index contributed by atoms with van der Waals surface area (Å²) in [6.45, 7) is 0. The summed E-state index contributed by atoms with van der Waals surface area (Å²) in [4.78, 5) is 20.1. The molecule has 0 aliphatic heterocycles. The normalized spacial score (nSPS) is 9.70. The molecule has 3 nitrogen and oxygen atoms in total. The second-order valence-electron chi connectivity index (χ2n) is 1.67. The molecule has 0 radical (unpaired) electrons. The SMILES string of the molecule is COC(=O)/C=C/CCC=O. The van der Waals surface area contributed by atoms with Gasteiger partial charge in [0.2, 0.25) is 0 Å². The number of aldehydes is 1. The molecule has 0 atom stereocenters. The van der Waals surface area contributed by atoms with Gasteiger partial charge in [0.05, 0.1) is 7.11 Å². The van der Waals surface area contributed by atoms with Crippen LogP contribution in [0.2, 0.25) is 0 Å². The fraction of sp³-hybridized carbons (Fsp3) is 0.429. The predicted molar refractivity (Wildman–Crippen MR) is 36.5 cm³/mol. The molecule has 10 heavy (non-hydrogen) atoms. The molecule has 0 unspecified atom stereocenters. The molecule has 0 spiro atoms. The van der Waals surface area contributed by atoms with Crippen molar-refractivity contribution in [3.63, 3.8) is 0 Å². The number of methoxy groups -OCH3 is 1. The zero-order valence-electron chi connectivity index (χ0n) is 5.87. The van der Waals surface area contributed by atoms with E-state index < -0.39 is 0 Å². The first-order valence-corrected chi connectivity index (χ1v) is 2.99. The number of hydrogen-bond acceptors (Lipinski definition) is 3. The summed E-state index contributed by atoms with van der Waals surface area (Å²) < 4.78 is 4.32. The molecule has 56 valence electrons. The highest BCUT2D eigenvalue weighted by molar-refractivity contribution is 5.81. The number of unbranched alkanes of at least 4 members (excludes halogenated alkanes) is 1. The van der Waals surface area contributed by atoms with Crippen LogP contribution in [-0.4, -0.2) is 19.4 Å². The van der Waals surface area contributed by atoms with Gasteiger partial charge in [0, 0.05) is 12.5 Å². The van der Waals surface area contributed by atoms with Crippen LogP contribution >= 0.6 is 0 Å². The summed E-state index contributed by atoms with van der Waals surface area (Å²) in [6, 6.07) is 0. The predicted octanol–water partition coefficient (Wildman–Crippen LogP) is 0.695. The summed E-state index contributed by atoms with van der Waals surface area (Å²) in [5.74, 6) is -0.383. The zero-order valence-corrected chi connectivity index (χ0v) is 5.87. The minimum Gasteiger partial charge on any atom is -0.466 e. The van der Waals surface area contributed by atoms with Crippen molar-refractivity contribution in [3.05, 3.63) is 12.2 Å². The Hall–Kier alpha value is -1.12. The molecule has 3 heteroatoms. The molecular formula is C7H10O3. The third-order valence-corrected chi connectivity index (χ3v) is 0.906. The molecule has 0 aliphatic rings. The van der Waals surface area contributed by atoms with Gasteiger partial charge in [0.25, 0.3) is 0 Å². The Morgan fingerprint density at radius 1 is 1.50 bits per heavy atom. The zero-order chi connectivity index (χ0) is 7.82. The van der Waals surface area contributed by atoms with Gasteiger partial charge in [-0.1, -0.05) is 6.08 Å². The summed E-state index contributed by atoms with van der Waals surface area (Å²) in [7, 11) is 1.31. The second kappa shape index (κ2) is 6.01. The van der Waals surface area contributed by atoms with Gasteiger partial charge < -0.3 is 9.53 Å². The van der Waals surface area contributed by atoms with E-state index in [0.717, 1.165) is 6.29 Å². The third-order valence-electron chi connectivity index (χ3n) is 0.906. The number of allylic oxidation sites excluding steroid dienone is 1. The molecule has 0 aliphatic carbocycles. The van der Waals surface area contributed by atoms with Crippen molar-refractivity contribution >= 4 is 12.3 Å². The van der Waals surface area contributed by atoms with E-state index in [0.29, 0.717) is 12.8 Å². The highest BCUT2D eigenvalue weighted by atomic mass is 16.5. The highest BCUT2D eigenvalue weighted by Gasteiger charge is 1.87. The number of rotatable bonds is 4. The molecule has 0 bridgehead atoms. The first-order chi connectivity index (χ1) is 4.81. The van der Waals surface area contributed by atoms with Crippen LogP contribution in [0.3, 0.4) is 0 Å². The Morgan fingerprint density at radius 2 is 2.20 bits per heavy atom. The van der Waals surface area contributed by atoms with E-state index in [1.807, 2.05) is 0 Å². The Kier molecular flexibility index (Phi) is 5.33. The topological polar surface area (TPSA) is 43.4 Å². The average Bonchev–Trinajstić information content (AvgIpc) is 1.98. The Bertz CT molecular complexity index is 138. The van der Waals surface area contributed by atoms with Crippen LogP contribution in [0.1, 0.15) is 12.8 Å². The van der Waals surface area contributed by atoms with Crippen LogP contribution in [0.15, 0.2) is 12.2 Å². The van der Waals surface area contributed by atoms with Crippen molar-refractivity contribution in [2.75, 3.05) is 7.11 Å². The van der Waals surface area contributed by atoms with Crippen LogP contribution in [0.25, 0.3) is 0 Å². The smallest absolute Gasteiger partial charge is 0.330 e. The Balaban J connectivity index is 3.35. The molecule has 0 aromatic rings. The van der Waals surface area contributed by atoms with E-state index in [9.17, 15) is 9.59 Å². The van der Waals surface area contributed by atoms with Crippen LogP contribution in [0.5, 0.6) is 0 Å². The van der Waals surface area contributed by atoms with E-state index in [1.54, 1.807) is 6.08 Å². The third kappa shape index (κ3) is 5.03. The van der Waals surface area contributed by atoms with Gasteiger partial charge in [-0.15, -0.1) is 0 Å². The van der Waals surface area contributed by atoms with E-state index in [-0.39, 0.29) is 5.97 Å². The van der Waals surface area contributed by atoms with E-state index >= 15 is 0 Å². The summed E-state index contributed by atoms with van der Waals surface area (Å²) in [5.41, 5.74) is 0. The first kappa shape index (κ1) is 8.88. The van der Waals surface area contributed by atoms with Gasteiger partial charge in [-0.2, -0.15) is 0 Å². The molecule has 0 rings (SSSR count). The van der Waals surface area contributed by atoms with Gasteiger partial charge in [-0.05, 0) is 6.42 Å². The molecule has 0 amide bonds.